The molecule has 1 N–H and O–H groups in total. The fraction of sp³-hybridized carbons (Fsp3) is 0.263. The Morgan fingerprint density at radius 2 is 2.12 bits per heavy atom. The third-order valence-corrected chi connectivity index (χ3v) is 5.45. The molecule has 1 aliphatic heterocycles. The first-order chi connectivity index (χ1) is 12.6. The molecule has 0 aliphatic carbocycles. The molecular weight excluding hydrogens is 348 g/mol. The molecule has 1 aromatic carbocycles. The van der Waals surface area contributed by atoms with Crippen molar-refractivity contribution in [1.29, 1.82) is 0 Å². The molecule has 26 heavy (non-hydrogen) atoms. The van der Waals surface area contributed by atoms with E-state index in [-0.39, 0.29) is 24.2 Å². The Morgan fingerprint density at radius 1 is 1.31 bits per heavy atom. The number of aryl methyl sites for hydroxylation is 1. The lowest BCUT2D eigenvalue weighted by Crippen LogP contribution is -2.32. The van der Waals surface area contributed by atoms with Crippen LogP contribution in [0.25, 0.3) is 10.2 Å². The van der Waals surface area contributed by atoms with Gasteiger partial charge < -0.3 is 10.2 Å². The Hall–Kier alpha value is -2.80. The van der Waals surface area contributed by atoms with Gasteiger partial charge in [-0.2, -0.15) is 0 Å². The molecule has 6 nitrogen and oxygen atoms in total. The minimum atomic E-state index is -0.336. The molecule has 1 unspecified atom stereocenters. The molecule has 0 saturated carbocycles. The minimum absolute atomic E-state index is 0.0274. The van der Waals surface area contributed by atoms with E-state index >= 15 is 0 Å². The fourth-order valence-corrected chi connectivity index (χ4v) is 3.97. The van der Waals surface area contributed by atoms with Crippen LogP contribution in [-0.4, -0.2) is 28.3 Å². The Kier molecular flexibility index (Phi) is 4.38. The van der Waals surface area contributed by atoms with Crippen LogP contribution in [0, 0.1) is 12.8 Å². The summed E-state index contributed by atoms with van der Waals surface area (Å²) in [5.41, 5.74) is 2.68. The van der Waals surface area contributed by atoms with Gasteiger partial charge in [-0.15, -0.1) is 11.3 Å². The second-order valence-electron chi connectivity index (χ2n) is 6.36. The molecule has 2 amide bonds. The van der Waals surface area contributed by atoms with Gasteiger partial charge in [0.1, 0.15) is 0 Å². The van der Waals surface area contributed by atoms with Crippen LogP contribution in [0.5, 0.6) is 0 Å². The Morgan fingerprint density at radius 3 is 2.92 bits per heavy atom. The summed E-state index contributed by atoms with van der Waals surface area (Å²) in [6.45, 7) is 2.81. The van der Waals surface area contributed by atoms with E-state index in [9.17, 15) is 9.59 Å². The monoisotopic (exact) mass is 366 g/mol. The number of amides is 2. The van der Waals surface area contributed by atoms with Gasteiger partial charge in [-0.1, -0.05) is 0 Å². The minimum Gasteiger partial charge on any atom is -0.352 e. The number of fused-ring (bicyclic) bond motifs is 1. The van der Waals surface area contributed by atoms with Gasteiger partial charge in [0.2, 0.25) is 11.8 Å². The van der Waals surface area contributed by atoms with E-state index < -0.39 is 0 Å². The third kappa shape index (κ3) is 3.30. The Bertz CT molecular complexity index is 970. The summed E-state index contributed by atoms with van der Waals surface area (Å²) in [7, 11) is 0. The first-order valence-electron chi connectivity index (χ1n) is 8.44. The number of nitrogens with one attached hydrogen (secondary N) is 1. The molecule has 2 aromatic heterocycles. The number of pyridine rings is 1. The molecule has 4 rings (SSSR count). The van der Waals surface area contributed by atoms with Crippen molar-refractivity contribution in [3.05, 3.63) is 53.3 Å². The molecule has 3 aromatic rings. The zero-order chi connectivity index (χ0) is 18.1. The van der Waals surface area contributed by atoms with E-state index in [2.05, 4.69) is 15.3 Å². The molecule has 1 atom stereocenters. The van der Waals surface area contributed by atoms with E-state index in [1.807, 2.05) is 37.3 Å². The van der Waals surface area contributed by atoms with Crippen LogP contribution in [0.1, 0.15) is 17.0 Å². The zero-order valence-corrected chi connectivity index (χ0v) is 15.1. The second kappa shape index (κ2) is 6.84. The smallest absolute Gasteiger partial charge is 0.227 e. The average Bonchev–Trinajstić information content (AvgIpc) is 3.21. The van der Waals surface area contributed by atoms with Gasteiger partial charge in [-0.05, 0) is 42.8 Å². The predicted octanol–water partition coefficient (Wildman–Crippen LogP) is 2.67. The van der Waals surface area contributed by atoms with Crippen LogP contribution in [0.3, 0.4) is 0 Å². The fourth-order valence-electron chi connectivity index (χ4n) is 3.17. The van der Waals surface area contributed by atoms with E-state index in [1.165, 1.54) is 0 Å². The van der Waals surface area contributed by atoms with E-state index in [4.69, 9.17) is 0 Å². The van der Waals surface area contributed by atoms with Gasteiger partial charge in [-0.3, -0.25) is 14.6 Å². The van der Waals surface area contributed by atoms with Crippen molar-refractivity contribution in [3.63, 3.8) is 0 Å². The van der Waals surface area contributed by atoms with Gasteiger partial charge >= 0.3 is 0 Å². The maximum atomic E-state index is 12.4. The number of hydrogen-bond acceptors (Lipinski definition) is 5. The summed E-state index contributed by atoms with van der Waals surface area (Å²) in [6.07, 6.45) is 3.62. The topological polar surface area (TPSA) is 75.2 Å². The van der Waals surface area contributed by atoms with Crippen molar-refractivity contribution >= 4 is 39.1 Å². The average molecular weight is 366 g/mol. The van der Waals surface area contributed by atoms with Crippen molar-refractivity contribution in [3.8, 4) is 0 Å². The van der Waals surface area contributed by atoms with Crippen LogP contribution in [0.15, 0.2) is 42.7 Å². The van der Waals surface area contributed by atoms with Crippen molar-refractivity contribution in [1.82, 2.24) is 15.3 Å². The molecular formula is C19H18N4O2S. The van der Waals surface area contributed by atoms with Crippen LogP contribution < -0.4 is 10.2 Å². The van der Waals surface area contributed by atoms with Gasteiger partial charge in [-0.25, -0.2) is 4.98 Å². The van der Waals surface area contributed by atoms with Crippen LogP contribution in [0.2, 0.25) is 0 Å². The van der Waals surface area contributed by atoms with Crippen LogP contribution >= 0.6 is 11.3 Å². The summed E-state index contributed by atoms with van der Waals surface area (Å²) in [5.74, 6) is -0.458. The summed E-state index contributed by atoms with van der Waals surface area (Å²) < 4.78 is 1.10. The summed E-state index contributed by atoms with van der Waals surface area (Å²) in [6, 6.07) is 9.55. The molecule has 0 spiro atoms. The summed E-state index contributed by atoms with van der Waals surface area (Å²) in [5, 5.41) is 3.91. The first kappa shape index (κ1) is 16.7. The van der Waals surface area contributed by atoms with E-state index in [1.54, 1.807) is 28.6 Å². The highest BCUT2D eigenvalue weighted by molar-refractivity contribution is 7.18. The number of hydrogen-bond donors (Lipinski definition) is 1. The number of anilines is 1. The molecule has 1 aliphatic rings. The third-order valence-electron chi connectivity index (χ3n) is 4.50. The van der Waals surface area contributed by atoms with Gasteiger partial charge in [0.05, 0.1) is 21.1 Å². The van der Waals surface area contributed by atoms with Crippen LogP contribution in [0.4, 0.5) is 5.69 Å². The standard InChI is InChI=1S/C19H18N4O2S/c1-12-22-16-9-15(2-3-17(16)26-12)23-11-14(8-18(23)24)19(25)21-10-13-4-6-20-7-5-13/h2-7,9,14H,8,10-11H2,1H3,(H,21,25). The van der Waals surface area contributed by atoms with E-state index in [0.29, 0.717) is 13.1 Å². The number of aromatic nitrogens is 2. The molecule has 1 fully saturated rings. The SMILES string of the molecule is Cc1nc2cc(N3CC(C(=O)NCc4ccncc4)CC3=O)ccc2s1. The molecule has 7 heteroatoms. The Labute approximate surface area is 154 Å². The number of carbonyl (C=O) groups is 2. The maximum Gasteiger partial charge on any atom is 0.227 e. The Balaban J connectivity index is 1.44. The maximum absolute atomic E-state index is 12.4. The van der Waals surface area contributed by atoms with Crippen molar-refractivity contribution < 1.29 is 9.59 Å². The second-order valence-corrected chi connectivity index (χ2v) is 7.60. The highest BCUT2D eigenvalue weighted by Crippen LogP contribution is 2.30. The molecule has 0 radical (unpaired) electrons. The lowest BCUT2D eigenvalue weighted by atomic mass is 10.1. The number of nitrogens with zero attached hydrogens (tertiary/aromatic N) is 3. The van der Waals surface area contributed by atoms with Gasteiger partial charge in [0, 0.05) is 37.6 Å². The van der Waals surface area contributed by atoms with Crippen LogP contribution in [-0.2, 0) is 16.1 Å². The predicted molar refractivity (Wildman–Crippen MR) is 101 cm³/mol. The van der Waals surface area contributed by atoms with Crippen molar-refractivity contribution in [2.24, 2.45) is 5.92 Å². The lowest BCUT2D eigenvalue weighted by Gasteiger charge is -2.16. The van der Waals surface area contributed by atoms with Crippen molar-refractivity contribution in [2.45, 2.75) is 19.9 Å². The largest absolute Gasteiger partial charge is 0.352 e. The number of benzene rings is 1. The highest BCUT2D eigenvalue weighted by atomic mass is 32.1. The highest BCUT2D eigenvalue weighted by Gasteiger charge is 2.35. The quantitative estimate of drug-likeness (QED) is 0.770. The molecule has 3 heterocycles. The summed E-state index contributed by atoms with van der Waals surface area (Å²) in [4.78, 5) is 35.0. The number of rotatable bonds is 4. The lowest BCUT2D eigenvalue weighted by molar-refractivity contribution is -0.126. The summed E-state index contributed by atoms with van der Waals surface area (Å²) >= 11 is 1.63. The number of carbonyl (C=O) groups excluding carboxylic acids is 2. The molecule has 1 saturated heterocycles. The molecule has 132 valence electrons. The first-order valence-corrected chi connectivity index (χ1v) is 9.26. The molecule has 0 bridgehead atoms. The van der Waals surface area contributed by atoms with E-state index in [0.717, 1.165) is 26.5 Å². The number of thiazole rings is 1. The van der Waals surface area contributed by atoms with Gasteiger partial charge in [0.15, 0.2) is 0 Å². The van der Waals surface area contributed by atoms with Gasteiger partial charge in [0.25, 0.3) is 0 Å². The van der Waals surface area contributed by atoms with Crippen molar-refractivity contribution in [2.75, 3.05) is 11.4 Å². The normalized spacial score (nSPS) is 17.0. The zero-order valence-electron chi connectivity index (χ0n) is 14.3.